The molecule has 28 heavy (non-hydrogen) atoms. The van der Waals surface area contributed by atoms with E-state index in [-0.39, 0.29) is 5.92 Å². The molecule has 1 atom stereocenters. The second kappa shape index (κ2) is 7.66. The Balaban J connectivity index is 1.62. The molecular weight excluding hydrogens is 357 g/mol. The number of hydrogen-bond acceptors (Lipinski definition) is 5. The van der Waals surface area contributed by atoms with E-state index in [9.17, 15) is 9.50 Å². The number of ether oxygens (including phenoxy) is 1. The molecule has 1 N–H and O–H groups in total. The summed E-state index contributed by atoms with van der Waals surface area (Å²) in [5.74, 6) is 1.30. The van der Waals surface area contributed by atoms with Gasteiger partial charge in [-0.1, -0.05) is 26.7 Å². The maximum atomic E-state index is 13.8. The summed E-state index contributed by atoms with van der Waals surface area (Å²) in [5, 5.41) is 10.5. The minimum Gasteiger partial charge on any atom is -0.451 e. The fourth-order valence-corrected chi connectivity index (χ4v) is 4.59. The van der Waals surface area contributed by atoms with Crippen LogP contribution in [0.2, 0.25) is 0 Å². The zero-order valence-corrected chi connectivity index (χ0v) is 16.6. The minimum absolute atomic E-state index is 0.0588. The van der Waals surface area contributed by atoms with Crippen LogP contribution in [0.3, 0.4) is 0 Å². The molecule has 2 aliphatic rings. The molecule has 6 heteroatoms. The lowest BCUT2D eigenvalue weighted by atomic mass is 9.86. The van der Waals surface area contributed by atoms with Gasteiger partial charge in [0.2, 0.25) is 0 Å². The third-order valence-corrected chi connectivity index (χ3v) is 6.20. The van der Waals surface area contributed by atoms with Gasteiger partial charge < -0.3 is 14.7 Å². The Labute approximate surface area is 165 Å². The van der Waals surface area contributed by atoms with Crippen LogP contribution in [-0.2, 0) is 0 Å². The van der Waals surface area contributed by atoms with E-state index in [4.69, 9.17) is 4.74 Å². The van der Waals surface area contributed by atoms with Crippen LogP contribution in [0.4, 0.5) is 10.2 Å². The summed E-state index contributed by atoms with van der Waals surface area (Å²) in [4.78, 5) is 10.9. The quantitative estimate of drug-likeness (QED) is 0.796. The van der Waals surface area contributed by atoms with Crippen molar-refractivity contribution >= 4 is 5.82 Å². The fraction of sp³-hybridized carbons (Fsp3) is 0.545. The molecule has 1 saturated heterocycles. The summed E-state index contributed by atoms with van der Waals surface area (Å²) in [5.41, 5.74) is 0.857. The molecule has 150 valence electrons. The van der Waals surface area contributed by atoms with Crippen molar-refractivity contribution in [3.05, 3.63) is 42.1 Å². The average Bonchev–Trinajstić information content (AvgIpc) is 3.33. The second-order valence-corrected chi connectivity index (χ2v) is 8.56. The summed E-state index contributed by atoms with van der Waals surface area (Å²) in [6.45, 7) is 5.73. The van der Waals surface area contributed by atoms with Crippen LogP contribution < -0.4 is 9.64 Å². The molecule has 0 bridgehead atoms. The Morgan fingerprint density at radius 3 is 2.71 bits per heavy atom. The lowest BCUT2D eigenvalue weighted by molar-refractivity contribution is 0.124. The smallest absolute Gasteiger partial charge is 0.188 e. The van der Waals surface area contributed by atoms with Crippen LogP contribution in [0.25, 0.3) is 0 Å². The molecule has 1 saturated carbocycles. The van der Waals surface area contributed by atoms with Crippen LogP contribution in [0, 0.1) is 17.2 Å². The van der Waals surface area contributed by atoms with Crippen LogP contribution in [0.5, 0.6) is 11.5 Å². The SMILES string of the molecule is CC(C)C(O)c1cc(F)ccc1Oc1cncnc1N1CCC2(CCCC2)C1. The van der Waals surface area contributed by atoms with Gasteiger partial charge in [0.15, 0.2) is 11.6 Å². The lowest BCUT2D eigenvalue weighted by Gasteiger charge is -2.25. The van der Waals surface area contributed by atoms with E-state index in [1.54, 1.807) is 12.3 Å². The number of halogens is 1. The average molecular weight is 385 g/mol. The van der Waals surface area contributed by atoms with Crippen molar-refractivity contribution in [1.29, 1.82) is 0 Å². The van der Waals surface area contributed by atoms with Crippen molar-refractivity contribution in [3.63, 3.8) is 0 Å². The molecule has 1 aliphatic carbocycles. The first-order valence-corrected chi connectivity index (χ1v) is 10.2. The number of benzene rings is 1. The first kappa shape index (κ1) is 19.1. The zero-order valence-electron chi connectivity index (χ0n) is 16.6. The first-order chi connectivity index (χ1) is 13.5. The topological polar surface area (TPSA) is 58.5 Å². The largest absolute Gasteiger partial charge is 0.451 e. The maximum Gasteiger partial charge on any atom is 0.188 e. The van der Waals surface area contributed by atoms with E-state index in [1.165, 1.54) is 50.6 Å². The van der Waals surface area contributed by atoms with Crippen molar-refractivity contribution in [2.45, 2.75) is 52.1 Å². The van der Waals surface area contributed by atoms with Crippen LogP contribution >= 0.6 is 0 Å². The number of nitrogens with zero attached hydrogens (tertiary/aromatic N) is 3. The van der Waals surface area contributed by atoms with E-state index < -0.39 is 11.9 Å². The van der Waals surface area contributed by atoms with Crippen LogP contribution in [0.15, 0.2) is 30.7 Å². The third-order valence-electron chi connectivity index (χ3n) is 6.20. The van der Waals surface area contributed by atoms with E-state index in [0.29, 0.717) is 22.5 Å². The van der Waals surface area contributed by atoms with E-state index in [2.05, 4.69) is 14.9 Å². The highest BCUT2D eigenvalue weighted by Crippen LogP contribution is 2.47. The van der Waals surface area contributed by atoms with E-state index in [1.807, 2.05) is 13.8 Å². The second-order valence-electron chi connectivity index (χ2n) is 8.56. The molecule has 1 unspecified atom stereocenters. The number of rotatable bonds is 5. The molecular formula is C22H28FN3O2. The third kappa shape index (κ3) is 3.70. The monoisotopic (exact) mass is 385 g/mol. The van der Waals surface area contributed by atoms with E-state index in [0.717, 1.165) is 18.9 Å². The highest BCUT2D eigenvalue weighted by atomic mass is 19.1. The molecule has 0 amide bonds. The maximum absolute atomic E-state index is 13.8. The highest BCUT2D eigenvalue weighted by Gasteiger charge is 2.41. The van der Waals surface area contributed by atoms with Crippen molar-refractivity contribution in [2.75, 3.05) is 18.0 Å². The van der Waals surface area contributed by atoms with Crippen molar-refractivity contribution in [2.24, 2.45) is 11.3 Å². The number of hydrogen-bond donors (Lipinski definition) is 1. The van der Waals surface area contributed by atoms with Gasteiger partial charge in [0.1, 0.15) is 17.9 Å². The predicted molar refractivity (Wildman–Crippen MR) is 106 cm³/mol. The Hall–Kier alpha value is -2.21. The molecule has 1 spiro atoms. The van der Waals surface area contributed by atoms with Crippen molar-refractivity contribution < 1.29 is 14.2 Å². The van der Waals surface area contributed by atoms with Gasteiger partial charge in [-0.15, -0.1) is 0 Å². The van der Waals surface area contributed by atoms with Gasteiger partial charge in [-0.3, -0.25) is 0 Å². The molecule has 1 aromatic heterocycles. The lowest BCUT2D eigenvalue weighted by Crippen LogP contribution is -2.26. The molecule has 4 rings (SSSR count). The summed E-state index contributed by atoms with van der Waals surface area (Å²) >= 11 is 0. The number of aliphatic hydroxyl groups is 1. The molecule has 2 heterocycles. The molecule has 2 fully saturated rings. The fourth-order valence-electron chi connectivity index (χ4n) is 4.59. The van der Waals surface area contributed by atoms with E-state index >= 15 is 0 Å². The van der Waals surface area contributed by atoms with Gasteiger partial charge in [0.05, 0.1) is 12.3 Å². The van der Waals surface area contributed by atoms with Gasteiger partial charge in [-0.25, -0.2) is 14.4 Å². The molecule has 2 aromatic rings. The van der Waals surface area contributed by atoms with Gasteiger partial charge in [-0.2, -0.15) is 0 Å². The van der Waals surface area contributed by atoms with Crippen molar-refractivity contribution in [3.8, 4) is 11.5 Å². The molecule has 1 aliphatic heterocycles. The van der Waals surface area contributed by atoms with Gasteiger partial charge in [0.25, 0.3) is 0 Å². The summed E-state index contributed by atoms with van der Waals surface area (Å²) < 4.78 is 19.9. The first-order valence-electron chi connectivity index (χ1n) is 10.2. The Morgan fingerprint density at radius 2 is 1.96 bits per heavy atom. The standard InChI is InChI=1S/C22H28FN3O2/c1-15(2)20(27)17-11-16(23)5-6-18(17)28-19-12-24-14-25-21(19)26-10-9-22(13-26)7-3-4-8-22/h5-6,11-12,14-15,20,27H,3-4,7-10,13H2,1-2H3. The Morgan fingerprint density at radius 1 is 1.18 bits per heavy atom. The predicted octanol–water partition coefficient (Wildman–Crippen LogP) is 4.87. The Kier molecular flexibility index (Phi) is 5.23. The van der Waals surface area contributed by atoms with Gasteiger partial charge in [0, 0.05) is 18.7 Å². The van der Waals surface area contributed by atoms with Crippen LogP contribution in [0.1, 0.15) is 57.6 Å². The Bertz CT molecular complexity index is 836. The number of aliphatic hydroxyl groups excluding tert-OH is 1. The molecule has 1 aromatic carbocycles. The summed E-state index contributed by atoms with van der Waals surface area (Å²) in [7, 11) is 0. The zero-order chi connectivity index (χ0) is 19.7. The molecule has 5 nitrogen and oxygen atoms in total. The summed E-state index contributed by atoms with van der Waals surface area (Å²) in [6, 6.07) is 4.25. The van der Waals surface area contributed by atoms with Crippen LogP contribution in [-0.4, -0.2) is 28.2 Å². The normalized spacial score (nSPS) is 19.5. The summed E-state index contributed by atoms with van der Waals surface area (Å²) in [6.07, 6.45) is 8.76. The highest BCUT2D eigenvalue weighted by molar-refractivity contribution is 5.54. The number of anilines is 1. The number of aromatic nitrogens is 2. The van der Waals surface area contributed by atoms with Crippen molar-refractivity contribution in [1.82, 2.24) is 9.97 Å². The van der Waals surface area contributed by atoms with Gasteiger partial charge in [-0.05, 0) is 48.8 Å². The van der Waals surface area contributed by atoms with Gasteiger partial charge >= 0.3 is 0 Å². The molecule has 0 radical (unpaired) electrons. The minimum atomic E-state index is -0.813.